The Morgan fingerprint density at radius 1 is 1.21 bits per heavy atom. The molecule has 0 aliphatic carbocycles. The summed E-state index contributed by atoms with van der Waals surface area (Å²) in [6.07, 6.45) is 3.00. The van der Waals surface area contributed by atoms with Crippen molar-refractivity contribution in [1.82, 2.24) is 4.98 Å². The molecule has 0 radical (unpaired) electrons. The van der Waals surface area contributed by atoms with Crippen LogP contribution in [0.5, 0.6) is 11.5 Å². The van der Waals surface area contributed by atoms with E-state index in [-0.39, 0.29) is 11.5 Å². The van der Waals surface area contributed by atoms with Crippen LogP contribution in [0.2, 0.25) is 0 Å². The van der Waals surface area contributed by atoms with Gasteiger partial charge in [0.1, 0.15) is 5.75 Å². The van der Waals surface area contributed by atoms with E-state index in [1.807, 2.05) is 0 Å². The van der Waals surface area contributed by atoms with Crippen molar-refractivity contribution in [2.24, 2.45) is 5.11 Å². The van der Waals surface area contributed by atoms with Gasteiger partial charge in [-0.1, -0.05) is 4.70 Å². The number of nitrogens with zero attached hydrogens (tertiary/aromatic N) is 3. The summed E-state index contributed by atoms with van der Waals surface area (Å²) in [6.45, 7) is 0. The molecule has 0 aliphatic rings. The number of amides is 1. The van der Waals surface area contributed by atoms with Crippen molar-refractivity contribution < 1.29 is 19.7 Å². The first-order chi connectivity index (χ1) is 9.08. The lowest BCUT2D eigenvalue weighted by Gasteiger charge is -1.98. The smallest absolute Gasteiger partial charge is 0.339 e. The Morgan fingerprint density at radius 2 is 1.89 bits per heavy atom. The number of aromatic nitrogens is 1. The average molecular weight is 258 g/mol. The number of aromatic hydroxyl groups is 2. The molecule has 0 spiro atoms. The third-order valence-corrected chi connectivity index (χ3v) is 2.48. The van der Waals surface area contributed by atoms with Crippen molar-refractivity contribution in [2.75, 3.05) is 7.05 Å². The molecule has 1 aromatic heterocycles. The Bertz CT molecular complexity index is 639. The second-order valence-electron chi connectivity index (χ2n) is 3.84. The van der Waals surface area contributed by atoms with Gasteiger partial charge in [-0.15, -0.1) is 0 Å². The molecule has 2 aromatic rings. The maximum absolute atomic E-state index is 11.8. The van der Waals surface area contributed by atoms with E-state index in [2.05, 4.69) is 10.1 Å². The summed E-state index contributed by atoms with van der Waals surface area (Å²) in [7, 11) is 1.53. The Balaban J connectivity index is 2.31. The van der Waals surface area contributed by atoms with E-state index in [1.54, 1.807) is 12.1 Å². The van der Waals surface area contributed by atoms with Crippen LogP contribution in [0.15, 0.2) is 47.8 Å². The SMILES string of the molecule is C[N+](=NC(=O)c1ccncc1)c1ccc(O)cc1O. The molecule has 2 N–H and O–H groups in total. The standard InChI is InChI=1S/C13H11N3O3/c1-16(11-3-2-10(17)8-12(11)18)15-13(19)9-4-6-14-7-5-9/h2-8H,1H3,(H-,15,17,18,19)/p+1. The zero-order chi connectivity index (χ0) is 13.8. The van der Waals surface area contributed by atoms with E-state index in [4.69, 9.17) is 0 Å². The van der Waals surface area contributed by atoms with Gasteiger partial charge in [-0.25, -0.2) is 0 Å². The minimum Gasteiger partial charge on any atom is -0.508 e. The highest BCUT2D eigenvalue weighted by Gasteiger charge is 2.16. The quantitative estimate of drug-likeness (QED) is 0.637. The number of azo groups is 2. The molecule has 6 nitrogen and oxygen atoms in total. The van der Waals surface area contributed by atoms with Crippen LogP contribution in [-0.2, 0) is 0 Å². The topological polar surface area (TPSA) is 85.8 Å². The maximum atomic E-state index is 11.8. The summed E-state index contributed by atoms with van der Waals surface area (Å²) in [4.78, 5) is 15.7. The molecule has 1 amide bonds. The molecule has 0 saturated carbocycles. The van der Waals surface area contributed by atoms with E-state index in [0.29, 0.717) is 11.3 Å². The summed E-state index contributed by atoms with van der Waals surface area (Å²) < 4.78 is 1.25. The van der Waals surface area contributed by atoms with Crippen molar-refractivity contribution in [1.29, 1.82) is 0 Å². The molecule has 1 heterocycles. The highest BCUT2D eigenvalue weighted by Crippen LogP contribution is 2.29. The van der Waals surface area contributed by atoms with Crippen LogP contribution in [-0.4, -0.2) is 32.8 Å². The van der Waals surface area contributed by atoms with Gasteiger partial charge in [0.2, 0.25) is 0 Å². The Kier molecular flexibility index (Phi) is 3.51. The molecule has 0 unspecified atom stereocenters. The van der Waals surface area contributed by atoms with Gasteiger partial charge in [-0.05, 0) is 18.2 Å². The fourth-order valence-electron chi connectivity index (χ4n) is 1.53. The van der Waals surface area contributed by atoms with Gasteiger partial charge < -0.3 is 10.2 Å². The first kappa shape index (κ1) is 12.7. The zero-order valence-electron chi connectivity index (χ0n) is 10.2. The number of phenolic OH excluding ortho intramolecular Hbond substituents is 2. The Hall–Kier alpha value is -2.76. The first-order valence-electron chi connectivity index (χ1n) is 5.49. The van der Waals surface area contributed by atoms with Crippen LogP contribution in [0.1, 0.15) is 10.4 Å². The van der Waals surface area contributed by atoms with Crippen LogP contribution < -0.4 is 0 Å². The van der Waals surface area contributed by atoms with Gasteiger partial charge >= 0.3 is 5.91 Å². The molecule has 6 heteroatoms. The number of pyridine rings is 1. The number of benzene rings is 1. The van der Waals surface area contributed by atoms with Crippen LogP contribution >= 0.6 is 0 Å². The van der Waals surface area contributed by atoms with E-state index < -0.39 is 5.91 Å². The molecular weight excluding hydrogens is 246 g/mol. The third kappa shape index (κ3) is 2.92. The molecule has 0 fully saturated rings. The van der Waals surface area contributed by atoms with Crippen molar-refractivity contribution in [3.05, 3.63) is 48.3 Å². The lowest BCUT2D eigenvalue weighted by molar-refractivity contribution is -0.476. The maximum Gasteiger partial charge on any atom is 0.339 e. The molecule has 0 aliphatic heterocycles. The number of hydrogen-bond donors (Lipinski definition) is 2. The molecule has 0 atom stereocenters. The van der Waals surface area contributed by atoms with Crippen LogP contribution in [0.25, 0.3) is 0 Å². The second-order valence-corrected chi connectivity index (χ2v) is 3.84. The predicted molar refractivity (Wildman–Crippen MR) is 66.6 cm³/mol. The summed E-state index contributed by atoms with van der Waals surface area (Å²) in [6, 6.07) is 7.15. The fourth-order valence-corrected chi connectivity index (χ4v) is 1.53. The molecule has 2 rings (SSSR count). The number of carbonyl (C=O) groups excluding carboxylic acids is 1. The molecule has 96 valence electrons. The Labute approximate surface area is 109 Å². The van der Waals surface area contributed by atoms with E-state index in [0.717, 1.165) is 0 Å². The molecule has 19 heavy (non-hydrogen) atoms. The van der Waals surface area contributed by atoms with Gasteiger partial charge in [0.05, 0.1) is 5.56 Å². The minimum absolute atomic E-state index is 0.0601. The number of hydrogen-bond acceptors (Lipinski definition) is 4. The largest absolute Gasteiger partial charge is 0.508 e. The third-order valence-electron chi connectivity index (χ3n) is 2.48. The van der Waals surface area contributed by atoms with Crippen molar-refractivity contribution in [3.63, 3.8) is 0 Å². The van der Waals surface area contributed by atoms with E-state index in [1.165, 1.54) is 42.3 Å². The molecule has 1 aromatic carbocycles. The van der Waals surface area contributed by atoms with Gasteiger partial charge in [0.25, 0.3) is 5.69 Å². The molecule has 0 bridgehead atoms. The number of rotatable bonds is 2. The normalized spacial score (nSPS) is 11.3. The first-order valence-corrected chi connectivity index (χ1v) is 5.49. The highest BCUT2D eigenvalue weighted by atomic mass is 16.3. The highest BCUT2D eigenvalue weighted by molar-refractivity contribution is 5.94. The second kappa shape index (κ2) is 5.26. The van der Waals surface area contributed by atoms with Crippen molar-refractivity contribution >= 4 is 11.6 Å². The van der Waals surface area contributed by atoms with Gasteiger partial charge in [0, 0.05) is 29.6 Å². The summed E-state index contributed by atoms with van der Waals surface area (Å²) >= 11 is 0. The summed E-state index contributed by atoms with van der Waals surface area (Å²) in [5, 5.41) is 22.7. The van der Waals surface area contributed by atoms with Crippen molar-refractivity contribution in [3.8, 4) is 11.5 Å². The Morgan fingerprint density at radius 3 is 2.53 bits per heavy atom. The van der Waals surface area contributed by atoms with Gasteiger partial charge in [-0.2, -0.15) is 0 Å². The number of phenols is 2. The number of carbonyl (C=O) groups is 1. The van der Waals surface area contributed by atoms with Crippen LogP contribution in [0, 0.1) is 0 Å². The van der Waals surface area contributed by atoms with Gasteiger partial charge in [0.15, 0.2) is 12.8 Å². The average Bonchev–Trinajstić information content (AvgIpc) is 2.39. The van der Waals surface area contributed by atoms with Gasteiger partial charge in [-0.3, -0.25) is 9.78 Å². The molecule has 0 saturated heterocycles. The zero-order valence-corrected chi connectivity index (χ0v) is 10.2. The lowest BCUT2D eigenvalue weighted by atomic mass is 10.2. The van der Waals surface area contributed by atoms with E-state index >= 15 is 0 Å². The predicted octanol–water partition coefficient (Wildman–Crippen LogP) is 2.06. The monoisotopic (exact) mass is 258 g/mol. The van der Waals surface area contributed by atoms with Crippen molar-refractivity contribution in [2.45, 2.75) is 0 Å². The summed E-state index contributed by atoms with van der Waals surface area (Å²) in [5.41, 5.74) is 0.723. The fraction of sp³-hybridized carbons (Fsp3) is 0.0769. The summed E-state index contributed by atoms with van der Waals surface area (Å²) in [5.74, 6) is -0.665. The minimum atomic E-state index is -0.447. The van der Waals surface area contributed by atoms with Crippen LogP contribution in [0.3, 0.4) is 0 Å². The van der Waals surface area contributed by atoms with Crippen LogP contribution in [0.4, 0.5) is 5.69 Å². The lowest BCUT2D eigenvalue weighted by Crippen LogP contribution is -2.02. The molecular formula is C13H12N3O3+. The van der Waals surface area contributed by atoms with E-state index in [9.17, 15) is 15.0 Å².